The van der Waals surface area contributed by atoms with Gasteiger partial charge in [-0.1, -0.05) is 18.2 Å². The number of nitrogens with zero attached hydrogens (tertiary/aromatic N) is 3. The van der Waals surface area contributed by atoms with Crippen molar-refractivity contribution in [3.63, 3.8) is 0 Å². The fourth-order valence-electron chi connectivity index (χ4n) is 3.34. The minimum Gasteiger partial charge on any atom is -0.507 e. The highest BCUT2D eigenvalue weighted by molar-refractivity contribution is 5.97. The average Bonchev–Trinajstić information content (AvgIpc) is 3.11. The maximum atomic E-state index is 12.8. The quantitative estimate of drug-likeness (QED) is 0.758. The lowest BCUT2D eigenvalue weighted by atomic mass is 10.1. The number of ether oxygens (including phenoxy) is 1. The maximum Gasteiger partial charge on any atom is 0.258 e. The molecule has 1 aliphatic rings. The molecule has 1 N–H and O–H groups in total. The molecular formula is C22H21N3O3. The lowest BCUT2D eigenvalue weighted by Gasteiger charge is -2.16. The van der Waals surface area contributed by atoms with Crippen LogP contribution in [-0.4, -0.2) is 33.0 Å². The summed E-state index contributed by atoms with van der Waals surface area (Å²) >= 11 is 0. The number of fused-ring (bicyclic) bond motifs is 1. The summed E-state index contributed by atoms with van der Waals surface area (Å²) in [6.45, 7) is 2.74. The number of amides is 1. The number of aromatic hydroxyl groups is 1. The molecule has 0 atom stereocenters. The number of aromatic nitrogens is 2. The first-order valence-electron chi connectivity index (χ1n) is 9.09. The van der Waals surface area contributed by atoms with Crippen molar-refractivity contribution in [3.8, 4) is 11.5 Å². The fraction of sp³-hybridized carbons (Fsp3) is 0.227. The van der Waals surface area contributed by atoms with Gasteiger partial charge in [0.25, 0.3) is 5.91 Å². The first-order chi connectivity index (χ1) is 13.5. The Hall–Kier alpha value is -3.41. The molecule has 2 aromatic carbocycles. The van der Waals surface area contributed by atoms with E-state index in [1.165, 1.54) is 0 Å². The normalized spacial score (nSPS) is 12.7. The summed E-state index contributed by atoms with van der Waals surface area (Å²) in [5.74, 6) is 1.34. The Kier molecular flexibility index (Phi) is 4.69. The summed E-state index contributed by atoms with van der Waals surface area (Å²) < 4.78 is 5.18. The SMILES string of the molecule is COc1ccc(Cc2ncc3c(n2)CN(C(=O)c2ccc(C)cc2O)C3)cc1. The molecule has 2 heterocycles. The van der Waals surface area contributed by atoms with Crippen LogP contribution in [0.15, 0.2) is 48.7 Å². The first-order valence-corrected chi connectivity index (χ1v) is 9.09. The number of benzene rings is 2. The summed E-state index contributed by atoms with van der Waals surface area (Å²) in [5, 5.41) is 10.1. The van der Waals surface area contributed by atoms with Crippen molar-refractivity contribution in [1.82, 2.24) is 14.9 Å². The molecule has 0 saturated heterocycles. The van der Waals surface area contributed by atoms with E-state index in [1.807, 2.05) is 37.3 Å². The number of hydrogen-bond acceptors (Lipinski definition) is 5. The summed E-state index contributed by atoms with van der Waals surface area (Å²) in [5.41, 5.74) is 4.12. The Morgan fingerprint density at radius 1 is 1.18 bits per heavy atom. The molecule has 1 aromatic heterocycles. The Morgan fingerprint density at radius 3 is 2.68 bits per heavy atom. The monoisotopic (exact) mass is 375 g/mol. The van der Waals surface area contributed by atoms with Gasteiger partial charge < -0.3 is 14.7 Å². The highest BCUT2D eigenvalue weighted by Gasteiger charge is 2.27. The molecule has 3 aromatic rings. The molecule has 4 rings (SSSR count). The Morgan fingerprint density at radius 2 is 1.96 bits per heavy atom. The van der Waals surface area contributed by atoms with Crippen LogP contribution in [0, 0.1) is 6.92 Å². The number of hydrogen-bond donors (Lipinski definition) is 1. The number of carbonyl (C=O) groups is 1. The molecule has 0 spiro atoms. The molecule has 0 fully saturated rings. The molecule has 6 heteroatoms. The van der Waals surface area contributed by atoms with E-state index in [2.05, 4.69) is 9.97 Å². The topological polar surface area (TPSA) is 75.6 Å². The third kappa shape index (κ3) is 3.53. The van der Waals surface area contributed by atoms with Crippen molar-refractivity contribution in [2.45, 2.75) is 26.4 Å². The highest BCUT2D eigenvalue weighted by Crippen LogP contribution is 2.26. The Balaban J connectivity index is 1.49. The molecule has 0 aliphatic carbocycles. The maximum absolute atomic E-state index is 12.8. The van der Waals surface area contributed by atoms with Gasteiger partial charge >= 0.3 is 0 Å². The van der Waals surface area contributed by atoms with E-state index in [1.54, 1.807) is 30.3 Å². The number of aryl methyl sites for hydroxylation is 1. The van der Waals surface area contributed by atoms with Gasteiger partial charge in [-0.05, 0) is 42.3 Å². The second kappa shape index (κ2) is 7.31. The molecule has 0 saturated carbocycles. The molecule has 142 valence electrons. The lowest BCUT2D eigenvalue weighted by Crippen LogP contribution is -2.25. The van der Waals surface area contributed by atoms with E-state index in [9.17, 15) is 9.90 Å². The van der Waals surface area contributed by atoms with E-state index in [-0.39, 0.29) is 11.7 Å². The molecule has 28 heavy (non-hydrogen) atoms. The van der Waals surface area contributed by atoms with Crippen LogP contribution in [0.2, 0.25) is 0 Å². The van der Waals surface area contributed by atoms with Crippen molar-refractivity contribution in [1.29, 1.82) is 0 Å². The van der Waals surface area contributed by atoms with Crippen molar-refractivity contribution in [3.05, 3.63) is 82.4 Å². The minimum atomic E-state index is -0.202. The Labute approximate surface area is 163 Å². The van der Waals surface area contributed by atoms with E-state index in [0.29, 0.717) is 25.1 Å². The zero-order valence-electron chi connectivity index (χ0n) is 15.8. The molecule has 1 aliphatic heterocycles. The smallest absolute Gasteiger partial charge is 0.258 e. The van der Waals surface area contributed by atoms with E-state index in [4.69, 9.17) is 4.74 Å². The van der Waals surface area contributed by atoms with Gasteiger partial charge in [0, 0.05) is 24.7 Å². The number of rotatable bonds is 4. The number of phenols is 1. The van der Waals surface area contributed by atoms with Gasteiger partial charge in [-0.15, -0.1) is 0 Å². The van der Waals surface area contributed by atoms with Crippen LogP contribution in [0.25, 0.3) is 0 Å². The van der Waals surface area contributed by atoms with Crippen molar-refractivity contribution < 1.29 is 14.6 Å². The zero-order chi connectivity index (χ0) is 19.7. The van der Waals surface area contributed by atoms with Crippen molar-refractivity contribution >= 4 is 5.91 Å². The van der Waals surface area contributed by atoms with Gasteiger partial charge in [-0.3, -0.25) is 4.79 Å². The summed E-state index contributed by atoms with van der Waals surface area (Å²) in [7, 11) is 1.64. The molecule has 1 amide bonds. The molecule has 0 bridgehead atoms. The zero-order valence-corrected chi connectivity index (χ0v) is 15.8. The predicted octanol–water partition coefficient (Wildman–Crippen LogP) is 3.25. The van der Waals surface area contributed by atoms with Crippen LogP contribution >= 0.6 is 0 Å². The van der Waals surface area contributed by atoms with Gasteiger partial charge in [0.15, 0.2) is 0 Å². The minimum absolute atomic E-state index is 0.00670. The van der Waals surface area contributed by atoms with E-state index >= 15 is 0 Å². The number of methoxy groups -OCH3 is 1. The standard InChI is InChI=1S/C22H21N3O3/c1-14-3-8-18(20(26)9-14)22(27)25-12-16-11-23-21(24-19(16)13-25)10-15-4-6-17(28-2)7-5-15/h3-9,11,26H,10,12-13H2,1-2H3. The van der Waals surface area contributed by atoms with Gasteiger partial charge in [-0.2, -0.15) is 0 Å². The van der Waals surface area contributed by atoms with Crippen LogP contribution in [-0.2, 0) is 19.5 Å². The largest absolute Gasteiger partial charge is 0.507 e. The second-order valence-corrected chi connectivity index (χ2v) is 6.96. The third-order valence-electron chi connectivity index (χ3n) is 4.90. The summed E-state index contributed by atoms with van der Waals surface area (Å²) in [6.07, 6.45) is 2.41. The van der Waals surface area contributed by atoms with E-state index < -0.39 is 0 Å². The first kappa shape index (κ1) is 18.0. The number of phenolic OH excluding ortho intramolecular Hbond substituents is 1. The molecule has 0 unspecified atom stereocenters. The summed E-state index contributed by atoms with van der Waals surface area (Å²) in [4.78, 5) is 23.6. The van der Waals surface area contributed by atoms with Gasteiger partial charge in [0.1, 0.15) is 17.3 Å². The van der Waals surface area contributed by atoms with Gasteiger partial charge in [0.2, 0.25) is 0 Å². The predicted molar refractivity (Wildman–Crippen MR) is 104 cm³/mol. The second-order valence-electron chi connectivity index (χ2n) is 6.96. The van der Waals surface area contributed by atoms with Crippen molar-refractivity contribution in [2.75, 3.05) is 7.11 Å². The van der Waals surface area contributed by atoms with Crippen LogP contribution in [0.4, 0.5) is 0 Å². The highest BCUT2D eigenvalue weighted by atomic mass is 16.5. The average molecular weight is 375 g/mol. The molecular weight excluding hydrogens is 354 g/mol. The van der Waals surface area contributed by atoms with Crippen molar-refractivity contribution in [2.24, 2.45) is 0 Å². The Bertz CT molecular complexity index is 1030. The van der Waals surface area contributed by atoms with Crippen LogP contribution in [0.5, 0.6) is 11.5 Å². The van der Waals surface area contributed by atoms with Crippen LogP contribution in [0.3, 0.4) is 0 Å². The van der Waals surface area contributed by atoms with E-state index in [0.717, 1.165) is 34.0 Å². The van der Waals surface area contributed by atoms with Crippen LogP contribution < -0.4 is 4.74 Å². The molecule has 0 radical (unpaired) electrons. The number of carbonyl (C=O) groups excluding carboxylic acids is 1. The summed E-state index contributed by atoms with van der Waals surface area (Å²) in [6, 6.07) is 12.9. The third-order valence-corrected chi connectivity index (χ3v) is 4.90. The van der Waals surface area contributed by atoms with Gasteiger partial charge in [0.05, 0.1) is 24.9 Å². The lowest BCUT2D eigenvalue weighted by molar-refractivity contribution is 0.0747. The fourth-order valence-corrected chi connectivity index (χ4v) is 3.34. The van der Waals surface area contributed by atoms with Gasteiger partial charge in [-0.25, -0.2) is 9.97 Å². The molecule has 6 nitrogen and oxygen atoms in total. The van der Waals surface area contributed by atoms with Crippen LogP contribution in [0.1, 0.15) is 38.6 Å².